The van der Waals surface area contributed by atoms with Crippen LogP contribution in [0.3, 0.4) is 0 Å². The number of carbonyl (C=O) groups is 2. The van der Waals surface area contributed by atoms with Gasteiger partial charge in [-0.25, -0.2) is 12.8 Å². The Labute approximate surface area is 190 Å². The van der Waals surface area contributed by atoms with Crippen molar-refractivity contribution in [1.82, 2.24) is 0 Å². The molecular formula is C23H22FN3O5S. The summed E-state index contributed by atoms with van der Waals surface area (Å²) in [4.78, 5) is 24.3. The molecule has 2 amide bonds. The first-order valence-corrected chi connectivity index (χ1v) is 11.2. The molecule has 10 heteroatoms. The predicted octanol–water partition coefficient (Wildman–Crippen LogP) is 3.08. The highest BCUT2D eigenvalue weighted by atomic mass is 32.2. The summed E-state index contributed by atoms with van der Waals surface area (Å²) in [6.45, 7) is 1.02. The van der Waals surface area contributed by atoms with Crippen molar-refractivity contribution < 1.29 is 27.1 Å². The van der Waals surface area contributed by atoms with Crippen molar-refractivity contribution in [2.45, 2.75) is 11.8 Å². The zero-order valence-electron chi connectivity index (χ0n) is 17.9. The molecule has 0 aromatic heterocycles. The quantitative estimate of drug-likeness (QED) is 0.523. The van der Waals surface area contributed by atoms with E-state index in [4.69, 9.17) is 10.5 Å². The van der Waals surface area contributed by atoms with E-state index in [0.29, 0.717) is 17.0 Å². The SMILES string of the molecule is COc1ccc(S(=O)(=O)N(CC(=O)Nc2cccc(C(N)=O)c2C)c2ccc(F)cc2)cc1. The van der Waals surface area contributed by atoms with Gasteiger partial charge in [0, 0.05) is 11.3 Å². The summed E-state index contributed by atoms with van der Waals surface area (Å²) in [5, 5.41) is 2.61. The summed E-state index contributed by atoms with van der Waals surface area (Å²) in [6, 6.07) is 15.0. The number of carbonyl (C=O) groups excluding carboxylic acids is 2. The number of rotatable bonds is 8. The summed E-state index contributed by atoms with van der Waals surface area (Å²) in [6.07, 6.45) is 0. The second-order valence-corrected chi connectivity index (χ2v) is 8.92. The zero-order valence-corrected chi connectivity index (χ0v) is 18.7. The largest absolute Gasteiger partial charge is 0.497 e. The zero-order chi connectivity index (χ0) is 24.2. The fraction of sp³-hybridized carbons (Fsp3) is 0.130. The lowest BCUT2D eigenvalue weighted by atomic mass is 10.1. The van der Waals surface area contributed by atoms with Crippen LogP contribution in [-0.4, -0.2) is 33.9 Å². The van der Waals surface area contributed by atoms with Gasteiger partial charge in [-0.1, -0.05) is 6.07 Å². The minimum atomic E-state index is -4.19. The Balaban J connectivity index is 1.95. The number of methoxy groups -OCH3 is 1. The molecule has 8 nitrogen and oxygen atoms in total. The maximum atomic E-state index is 13.5. The minimum absolute atomic E-state index is 0.0765. The molecular weight excluding hydrogens is 449 g/mol. The Bertz CT molecular complexity index is 1280. The molecule has 172 valence electrons. The van der Waals surface area contributed by atoms with Gasteiger partial charge in [0.2, 0.25) is 11.8 Å². The molecule has 0 heterocycles. The number of nitrogens with two attached hydrogens (primary N) is 1. The summed E-state index contributed by atoms with van der Waals surface area (Å²) >= 11 is 0. The topological polar surface area (TPSA) is 119 Å². The second kappa shape index (κ2) is 9.70. The number of halogens is 1. The molecule has 0 aliphatic carbocycles. The van der Waals surface area contributed by atoms with Gasteiger partial charge in [0.25, 0.3) is 10.0 Å². The van der Waals surface area contributed by atoms with Gasteiger partial charge in [0.05, 0.1) is 17.7 Å². The van der Waals surface area contributed by atoms with Crippen LogP contribution >= 0.6 is 0 Å². The van der Waals surface area contributed by atoms with Gasteiger partial charge in [0.15, 0.2) is 0 Å². The average molecular weight is 472 g/mol. The van der Waals surface area contributed by atoms with Crippen LogP contribution in [0.2, 0.25) is 0 Å². The third-order valence-electron chi connectivity index (χ3n) is 4.92. The third-order valence-corrected chi connectivity index (χ3v) is 6.71. The molecule has 0 aliphatic rings. The third kappa shape index (κ3) is 5.29. The molecule has 0 fully saturated rings. The van der Waals surface area contributed by atoms with Crippen LogP contribution in [0.5, 0.6) is 5.75 Å². The monoisotopic (exact) mass is 471 g/mol. The molecule has 3 aromatic rings. The van der Waals surface area contributed by atoms with E-state index in [2.05, 4.69) is 5.32 Å². The Morgan fingerprint density at radius 1 is 1.03 bits per heavy atom. The summed E-state index contributed by atoms with van der Waals surface area (Å²) < 4.78 is 46.1. The first-order chi connectivity index (χ1) is 15.6. The van der Waals surface area contributed by atoms with Crippen molar-refractivity contribution in [3.63, 3.8) is 0 Å². The van der Waals surface area contributed by atoms with Gasteiger partial charge in [-0.05, 0) is 73.2 Å². The van der Waals surface area contributed by atoms with Crippen molar-refractivity contribution >= 4 is 33.2 Å². The van der Waals surface area contributed by atoms with E-state index in [1.807, 2.05) is 0 Å². The first-order valence-electron chi connectivity index (χ1n) is 9.75. The van der Waals surface area contributed by atoms with E-state index >= 15 is 0 Å². The molecule has 0 atom stereocenters. The Kier molecular flexibility index (Phi) is 6.98. The van der Waals surface area contributed by atoms with Gasteiger partial charge < -0.3 is 15.8 Å². The van der Waals surface area contributed by atoms with Crippen molar-refractivity contribution in [2.24, 2.45) is 5.73 Å². The van der Waals surface area contributed by atoms with E-state index < -0.39 is 34.2 Å². The molecule has 0 bridgehead atoms. The number of nitrogens with one attached hydrogen (secondary N) is 1. The fourth-order valence-electron chi connectivity index (χ4n) is 3.16. The lowest BCUT2D eigenvalue weighted by Gasteiger charge is -2.24. The Morgan fingerprint density at radius 2 is 1.67 bits per heavy atom. The molecule has 0 spiro atoms. The van der Waals surface area contributed by atoms with Crippen LogP contribution in [0, 0.1) is 12.7 Å². The molecule has 0 saturated carbocycles. The second-order valence-electron chi connectivity index (χ2n) is 7.05. The number of benzene rings is 3. The highest BCUT2D eigenvalue weighted by molar-refractivity contribution is 7.92. The fourth-order valence-corrected chi connectivity index (χ4v) is 4.58. The maximum Gasteiger partial charge on any atom is 0.264 e. The molecule has 33 heavy (non-hydrogen) atoms. The summed E-state index contributed by atoms with van der Waals surface area (Å²) in [7, 11) is -2.74. The smallest absolute Gasteiger partial charge is 0.264 e. The van der Waals surface area contributed by atoms with E-state index in [0.717, 1.165) is 16.4 Å². The number of anilines is 2. The van der Waals surface area contributed by atoms with Crippen LogP contribution in [-0.2, 0) is 14.8 Å². The number of sulfonamides is 1. The van der Waals surface area contributed by atoms with Gasteiger partial charge in [-0.3, -0.25) is 13.9 Å². The highest BCUT2D eigenvalue weighted by Gasteiger charge is 2.27. The average Bonchev–Trinajstić information content (AvgIpc) is 2.79. The lowest BCUT2D eigenvalue weighted by molar-refractivity contribution is -0.114. The van der Waals surface area contributed by atoms with Crippen molar-refractivity contribution in [3.05, 3.63) is 83.7 Å². The maximum absolute atomic E-state index is 13.5. The molecule has 0 aliphatic heterocycles. The van der Waals surface area contributed by atoms with Crippen LogP contribution in [0.15, 0.2) is 71.6 Å². The minimum Gasteiger partial charge on any atom is -0.497 e. The predicted molar refractivity (Wildman–Crippen MR) is 122 cm³/mol. The molecule has 3 aromatic carbocycles. The number of ether oxygens (including phenoxy) is 1. The molecule has 0 radical (unpaired) electrons. The summed E-state index contributed by atoms with van der Waals surface area (Å²) in [5.74, 6) is -1.41. The highest BCUT2D eigenvalue weighted by Crippen LogP contribution is 2.26. The van der Waals surface area contributed by atoms with Crippen LogP contribution in [0.25, 0.3) is 0 Å². The van der Waals surface area contributed by atoms with E-state index in [1.54, 1.807) is 19.1 Å². The molecule has 0 unspecified atom stereocenters. The van der Waals surface area contributed by atoms with E-state index in [1.165, 1.54) is 49.6 Å². The number of amides is 2. The van der Waals surface area contributed by atoms with Crippen molar-refractivity contribution in [2.75, 3.05) is 23.3 Å². The van der Waals surface area contributed by atoms with Crippen LogP contribution in [0.1, 0.15) is 15.9 Å². The van der Waals surface area contributed by atoms with Gasteiger partial charge in [0.1, 0.15) is 18.1 Å². The standard InChI is InChI=1S/C23H22FN3O5S/c1-15-20(23(25)29)4-3-5-21(15)26-22(28)14-27(17-8-6-16(24)7-9-17)33(30,31)19-12-10-18(32-2)11-13-19/h3-13H,14H2,1-2H3,(H2,25,29)(H,26,28). The first kappa shape index (κ1) is 23.7. The number of primary amides is 1. The molecule has 3 rings (SSSR count). The Morgan fingerprint density at radius 3 is 2.24 bits per heavy atom. The summed E-state index contributed by atoms with van der Waals surface area (Å²) in [5.41, 5.74) is 6.44. The van der Waals surface area contributed by atoms with E-state index in [-0.39, 0.29) is 16.1 Å². The van der Waals surface area contributed by atoms with E-state index in [9.17, 15) is 22.4 Å². The number of hydrogen-bond donors (Lipinski definition) is 2. The number of hydrogen-bond acceptors (Lipinski definition) is 5. The normalized spacial score (nSPS) is 11.0. The van der Waals surface area contributed by atoms with Gasteiger partial charge >= 0.3 is 0 Å². The molecule has 0 saturated heterocycles. The van der Waals surface area contributed by atoms with Crippen molar-refractivity contribution in [3.8, 4) is 5.75 Å². The van der Waals surface area contributed by atoms with Crippen molar-refractivity contribution in [1.29, 1.82) is 0 Å². The van der Waals surface area contributed by atoms with Crippen LogP contribution in [0.4, 0.5) is 15.8 Å². The number of nitrogens with zero attached hydrogens (tertiary/aromatic N) is 1. The lowest BCUT2D eigenvalue weighted by Crippen LogP contribution is -2.38. The molecule has 3 N–H and O–H groups in total. The Hall–Kier alpha value is -3.92. The van der Waals surface area contributed by atoms with Crippen LogP contribution < -0.4 is 20.1 Å². The van der Waals surface area contributed by atoms with Gasteiger partial charge in [-0.15, -0.1) is 0 Å². The van der Waals surface area contributed by atoms with Gasteiger partial charge in [-0.2, -0.15) is 0 Å².